The van der Waals surface area contributed by atoms with Crippen LogP contribution in [0.4, 0.5) is 0 Å². The maximum atomic E-state index is 14.5. The zero-order valence-corrected chi connectivity index (χ0v) is 29.2. The van der Waals surface area contributed by atoms with Gasteiger partial charge in [0, 0.05) is 49.0 Å². The van der Waals surface area contributed by atoms with Gasteiger partial charge in [0.25, 0.3) is 0 Å². The molecule has 0 radical (unpaired) electrons. The average Bonchev–Trinajstić information content (AvgIpc) is 3.11. The lowest BCUT2D eigenvalue weighted by Gasteiger charge is -2.60. The van der Waals surface area contributed by atoms with E-state index < -0.39 is 47.0 Å². The third kappa shape index (κ3) is 7.27. The number of carboxylic acid groups (broad SMARTS) is 2. The van der Waals surface area contributed by atoms with Gasteiger partial charge in [-0.3, -0.25) is 14.5 Å². The fourth-order valence-electron chi connectivity index (χ4n) is 8.81. The number of piperidine rings is 2. The number of nitrogens with one attached hydrogen (secondary N) is 1. The van der Waals surface area contributed by atoms with Crippen molar-refractivity contribution in [3.05, 3.63) is 107 Å². The van der Waals surface area contributed by atoms with Crippen molar-refractivity contribution in [1.29, 1.82) is 5.26 Å². The van der Waals surface area contributed by atoms with E-state index in [1.165, 1.54) is 0 Å². The Kier molecular flexibility index (Phi) is 12.2. The Balaban J connectivity index is 1.79. The number of benzene rings is 3. The molecule has 2 saturated heterocycles. The highest BCUT2D eigenvalue weighted by Gasteiger charge is 2.69. The van der Waals surface area contributed by atoms with Crippen LogP contribution in [-0.2, 0) is 14.3 Å². The lowest BCUT2D eigenvalue weighted by atomic mass is 9.48. The predicted octanol–water partition coefficient (Wildman–Crippen LogP) is 7.69. The van der Waals surface area contributed by atoms with Crippen molar-refractivity contribution in [3.63, 3.8) is 0 Å². The Morgan fingerprint density at radius 1 is 0.939 bits per heavy atom. The first-order valence-corrected chi connectivity index (χ1v) is 17.9. The van der Waals surface area contributed by atoms with Crippen molar-refractivity contribution >= 4 is 23.5 Å². The summed E-state index contributed by atoms with van der Waals surface area (Å²) in [6.07, 6.45) is 2.88. The van der Waals surface area contributed by atoms with Gasteiger partial charge in [0.15, 0.2) is 0 Å². The molecule has 0 amide bonds. The number of rotatable bonds is 14. The molecule has 0 aliphatic carbocycles. The van der Waals surface area contributed by atoms with Gasteiger partial charge in [0.1, 0.15) is 6.23 Å². The molecule has 0 saturated carbocycles. The van der Waals surface area contributed by atoms with E-state index in [4.69, 9.17) is 16.3 Å². The summed E-state index contributed by atoms with van der Waals surface area (Å²) in [4.78, 5) is 30.6. The molecule has 0 aromatic heterocycles. The van der Waals surface area contributed by atoms with Crippen molar-refractivity contribution in [2.45, 2.75) is 88.9 Å². The lowest BCUT2D eigenvalue weighted by molar-refractivity contribution is -0.192. The van der Waals surface area contributed by atoms with E-state index >= 15 is 0 Å². The van der Waals surface area contributed by atoms with Gasteiger partial charge < -0.3 is 20.3 Å². The summed E-state index contributed by atoms with van der Waals surface area (Å²) in [5, 5.41) is 36.9. The van der Waals surface area contributed by atoms with E-state index in [2.05, 4.69) is 40.6 Å². The van der Waals surface area contributed by atoms with Crippen LogP contribution >= 0.6 is 11.6 Å². The van der Waals surface area contributed by atoms with E-state index in [-0.39, 0.29) is 25.2 Å². The molecule has 6 unspecified atom stereocenters. The molecular formula is C40H48ClN3O5. The first-order chi connectivity index (χ1) is 23.7. The molecule has 0 bridgehead atoms. The number of hydrogen-bond donors (Lipinski definition) is 3. The van der Waals surface area contributed by atoms with E-state index in [0.717, 1.165) is 43.5 Å². The molecular weight excluding hydrogens is 638 g/mol. The molecule has 49 heavy (non-hydrogen) atoms. The van der Waals surface area contributed by atoms with Crippen molar-refractivity contribution < 1.29 is 24.5 Å². The van der Waals surface area contributed by atoms with Crippen LogP contribution in [0.25, 0.3) is 0 Å². The predicted molar refractivity (Wildman–Crippen MR) is 190 cm³/mol. The Morgan fingerprint density at radius 3 is 2.08 bits per heavy atom. The number of aliphatic carboxylic acids is 2. The van der Waals surface area contributed by atoms with Crippen LogP contribution in [0, 0.1) is 22.2 Å². The SMILES string of the molecule is CCOC(C1NC(C)C(CCC#N)(C(=O)O)C(c2cccc(Cl)c2)C1(CCC(c1ccccc1)c1ccccc1)C(=O)O)N1CCCCC1. The van der Waals surface area contributed by atoms with Gasteiger partial charge in [0.05, 0.1) is 22.9 Å². The number of likely N-dealkylation sites (tertiary alicyclic amines) is 1. The van der Waals surface area contributed by atoms with Crippen LogP contribution in [0.1, 0.15) is 87.3 Å². The van der Waals surface area contributed by atoms with Crippen molar-refractivity contribution in [3.8, 4) is 6.07 Å². The topological polar surface area (TPSA) is 123 Å². The lowest BCUT2D eigenvalue weighted by Crippen LogP contribution is -2.74. The van der Waals surface area contributed by atoms with Gasteiger partial charge in [-0.2, -0.15) is 5.26 Å². The number of carbonyl (C=O) groups is 2. The van der Waals surface area contributed by atoms with E-state index in [9.17, 15) is 25.1 Å². The highest BCUT2D eigenvalue weighted by Crippen LogP contribution is 2.61. The van der Waals surface area contributed by atoms with Crippen molar-refractivity contribution in [2.75, 3.05) is 19.7 Å². The number of nitriles is 1. The summed E-state index contributed by atoms with van der Waals surface area (Å²) < 4.78 is 6.54. The highest BCUT2D eigenvalue weighted by atomic mass is 35.5. The van der Waals surface area contributed by atoms with Gasteiger partial charge >= 0.3 is 11.9 Å². The molecule has 2 heterocycles. The standard InChI is InChI=1S/C40H48ClN3O5/c1-3-49-36(44-25-11-6-12-26-44)35-40(38(47)48,23-21-33(29-15-7-4-8-16-29)30-17-9-5-10-18-30)34(31-19-13-20-32(41)27-31)39(37(45)46,22-14-24-42)28(2)43-35/h4-5,7-10,13,15-20,27-28,33-36,43H,3,6,11-12,14,21-23,25-26H2,1-2H3,(H,45,46)(H,47,48). The molecule has 3 aromatic rings. The van der Waals surface area contributed by atoms with Gasteiger partial charge in [0.2, 0.25) is 0 Å². The maximum Gasteiger partial charge on any atom is 0.312 e. The van der Waals surface area contributed by atoms with Gasteiger partial charge in [-0.15, -0.1) is 0 Å². The molecule has 2 aliphatic heterocycles. The van der Waals surface area contributed by atoms with E-state index in [1.54, 1.807) is 24.3 Å². The van der Waals surface area contributed by atoms with Crippen molar-refractivity contribution in [1.82, 2.24) is 10.2 Å². The summed E-state index contributed by atoms with van der Waals surface area (Å²) in [5.74, 6) is -3.43. The molecule has 3 N–H and O–H groups in total. The monoisotopic (exact) mass is 685 g/mol. The zero-order chi connectivity index (χ0) is 35.0. The van der Waals surface area contributed by atoms with Crippen LogP contribution in [0.5, 0.6) is 0 Å². The molecule has 0 spiro atoms. The minimum absolute atomic E-state index is 0.0320. The molecule has 3 aromatic carbocycles. The molecule has 5 rings (SSSR count). The second kappa shape index (κ2) is 16.3. The Bertz CT molecular complexity index is 1550. The third-order valence-electron chi connectivity index (χ3n) is 11.0. The first-order valence-electron chi connectivity index (χ1n) is 17.5. The summed E-state index contributed by atoms with van der Waals surface area (Å²) in [7, 11) is 0. The fourth-order valence-corrected chi connectivity index (χ4v) is 9.01. The molecule has 260 valence electrons. The smallest absolute Gasteiger partial charge is 0.312 e. The molecule has 9 heteroatoms. The minimum Gasteiger partial charge on any atom is -0.481 e. The summed E-state index contributed by atoms with van der Waals surface area (Å²) in [6.45, 7) is 5.60. The number of hydrogen-bond acceptors (Lipinski definition) is 6. The summed E-state index contributed by atoms with van der Waals surface area (Å²) in [6, 6.07) is 27.7. The zero-order valence-electron chi connectivity index (χ0n) is 28.4. The van der Waals surface area contributed by atoms with E-state index in [1.807, 2.05) is 50.2 Å². The molecule has 8 nitrogen and oxygen atoms in total. The molecule has 6 atom stereocenters. The highest BCUT2D eigenvalue weighted by molar-refractivity contribution is 6.30. The van der Waals surface area contributed by atoms with E-state index in [0.29, 0.717) is 23.6 Å². The normalized spacial score (nSPS) is 26.6. The Hall–Kier alpha value is -3.74. The number of ether oxygens (including phenoxy) is 1. The Morgan fingerprint density at radius 2 is 1.55 bits per heavy atom. The Labute approximate surface area is 295 Å². The second-order valence-corrected chi connectivity index (χ2v) is 14.0. The van der Waals surface area contributed by atoms with Gasteiger partial charge in [-0.25, -0.2) is 0 Å². The number of halogens is 1. The van der Waals surface area contributed by atoms with Crippen LogP contribution < -0.4 is 5.32 Å². The summed E-state index contributed by atoms with van der Waals surface area (Å²) in [5.41, 5.74) is -0.701. The van der Waals surface area contributed by atoms with Crippen LogP contribution in [0.15, 0.2) is 84.9 Å². The maximum absolute atomic E-state index is 14.5. The third-order valence-corrected chi connectivity index (χ3v) is 11.3. The quantitative estimate of drug-likeness (QED) is 0.158. The molecule has 2 fully saturated rings. The van der Waals surface area contributed by atoms with Crippen LogP contribution in [-0.4, -0.2) is 65.1 Å². The van der Waals surface area contributed by atoms with Crippen LogP contribution in [0.2, 0.25) is 5.02 Å². The van der Waals surface area contributed by atoms with Gasteiger partial charge in [-0.05, 0) is 74.8 Å². The second-order valence-electron chi connectivity index (χ2n) is 13.6. The molecule has 2 aliphatic rings. The fraction of sp³-hybridized carbons (Fsp3) is 0.475. The average molecular weight is 686 g/mol. The van der Waals surface area contributed by atoms with Crippen molar-refractivity contribution in [2.24, 2.45) is 10.8 Å². The number of carboxylic acids is 2. The minimum atomic E-state index is -1.69. The van der Waals surface area contributed by atoms with Crippen LogP contribution in [0.3, 0.4) is 0 Å². The number of nitrogens with zero attached hydrogens (tertiary/aromatic N) is 2. The largest absolute Gasteiger partial charge is 0.481 e. The first kappa shape index (κ1) is 36.5. The van der Waals surface area contributed by atoms with Gasteiger partial charge in [-0.1, -0.05) is 90.8 Å². The summed E-state index contributed by atoms with van der Waals surface area (Å²) >= 11 is 6.61.